The molecule has 0 aliphatic carbocycles. The zero-order chi connectivity index (χ0) is 29.8. The Morgan fingerprint density at radius 1 is 0.512 bits per heavy atom. The molecule has 41 heavy (non-hydrogen) atoms. The van der Waals surface area contributed by atoms with Crippen molar-refractivity contribution in [3.8, 4) is 0 Å². The molecular weight excluding hydrogens is 687 g/mol. The normalized spacial score (nSPS) is 12.8. The van der Waals surface area contributed by atoms with Gasteiger partial charge in [0.1, 0.15) is 0 Å². The first-order valence-corrected chi connectivity index (χ1v) is 24.9. The van der Waals surface area contributed by atoms with E-state index in [1.54, 1.807) is 0 Å². The van der Waals surface area contributed by atoms with E-state index in [1.807, 2.05) is 91.0 Å². The minimum absolute atomic E-state index is 0. The second kappa shape index (κ2) is 18.8. The van der Waals surface area contributed by atoms with Gasteiger partial charge in [-0.2, -0.15) is 9.90 Å². The summed E-state index contributed by atoms with van der Waals surface area (Å²) < 4.78 is 3.03. The molecule has 0 aliphatic heterocycles. The van der Waals surface area contributed by atoms with Crippen LogP contribution in [0.15, 0.2) is 91.0 Å². The summed E-state index contributed by atoms with van der Waals surface area (Å²) in [5.74, 6) is 0. The van der Waals surface area contributed by atoms with Crippen LogP contribution < -0.4 is 17.8 Å². The molecule has 0 saturated heterocycles. The van der Waals surface area contributed by atoms with Gasteiger partial charge >= 0.3 is 134 Å². The van der Waals surface area contributed by atoms with Crippen LogP contribution in [0.25, 0.3) is 0 Å². The Hall–Kier alpha value is 0.113. The third-order valence-electron chi connectivity index (χ3n) is 7.00. The molecule has 233 valence electrons. The molecule has 3 aromatic carbocycles. The van der Waals surface area contributed by atoms with Crippen molar-refractivity contribution in [3.63, 3.8) is 0 Å². The summed E-state index contributed by atoms with van der Waals surface area (Å²) >= 11 is -4.07. The van der Waals surface area contributed by atoms with E-state index >= 15 is 0 Å². The second-order valence-corrected chi connectivity index (χ2v) is 31.9. The van der Waals surface area contributed by atoms with Gasteiger partial charge in [0, 0.05) is 0 Å². The Labute approximate surface area is 267 Å². The van der Waals surface area contributed by atoms with Crippen molar-refractivity contribution in [1.29, 1.82) is 0 Å². The molecule has 0 radical (unpaired) electrons. The molecule has 0 fully saturated rings. The number of nitrogens with one attached hydrogen (secondary N) is 1. The van der Waals surface area contributed by atoms with Gasteiger partial charge < -0.3 is 5.32 Å². The Kier molecular flexibility index (Phi) is 18.0. The van der Waals surface area contributed by atoms with Gasteiger partial charge in [0.2, 0.25) is 0 Å². The monoisotopic (exact) mass is 742 g/mol. The van der Waals surface area contributed by atoms with E-state index in [0.717, 1.165) is 35.1 Å². The van der Waals surface area contributed by atoms with Crippen LogP contribution in [-0.2, 0) is 11.6 Å². The van der Waals surface area contributed by atoms with E-state index < -0.39 is 11.6 Å². The van der Waals surface area contributed by atoms with E-state index in [4.69, 9.17) is 19.4 Å². The van der Waals surface area contributed by atoms with E-state index in [1.165, 1.54) is 25.4 Å². The average molecular weight is 743 g/mol. The van der Waals surface area contributed by atoms with Gasteiger partial charge in [0.05, 0.1) is 0 Å². The molecule has 0 heterocycles. The summed E-state index contributed by atoms with van der Waals surface area (Å²) in [5.41, 5.74) is 3.50. The van der Waals surface area contributed by atoms with Gasteiger partial charge in [-0.3, -0.25) is 0 Å². The van der Waals surface area contributed by atoms with Gasteiger partial charge in [-0.05, 0) is 48.0 Å². The molecule has 0 bridgehead atoms. The fourth-order valence-electron chi connectivity index (χ4n) is 4.97. The summed E-state index contributed by atoms with van der Waals surface area (Å²) in [4.78, 5) is 0. The van der Waals surface area contributed by atoms with Crippen LogP contribution in [0.1, 0.15) is 55.4 Å². The van der Waals surface area contributed by atoms with Crippen LogP contribution >= 0.6 is 45.1 Å². The number of hydrogen-bond donors (Lipinski definition) is 1. The molecule has 3 rings (SSSR count). The van der Waals surface area contributed by atoms with Crippen molar-refractivity contribution in [2.45, 2.75) is 78.0 Å². The molecule has 0 aliphatic rings. The van der Waals surface area contributed by atoms with E-state index in [9.17, 15) is 0 Å². The molecular formula is C34H55Cl2NP3Ru. The van der Waals surface area contributed by atoms with Crippen LogP contribution in [0.2, 0.25) is 0 Å². The van der Waals surface area contributed by atoms with Gasteiger partial charge in [-0.25, -0.2) is 0 Å². The quantitative estimate of drug-likeness (QED) is 0.105. The maximum absolute atomic E-state index is 7.31. The van der Waals surface area contributed by atoms with Crippen LogP contribution in [0, 0.1) is 0 Å². The maximum atomic E-state index is 7.31. The van der Waals surface area contributed by atoms with Crippen molar-refractivity contribution in [1.82, 2.24) is 5.32 Å². The van der Waals surface area contributed by atoms with Crippen LogP contribution in [-0.4, -0.2) is 48.0 Å². The van der Waals surface area contributed by atoms with E-state index in [0.29, 0.717) is 0 Å². The van der Waals surface area contributed by atoms with Crippen molar-refractivity contribution >= 4 is 57.6 Å². The third-order valence-corrected chi connectivity index (χ3v) is 26.3. The zero-order valence-corrected chi connectivity index (χ0v) is 33.0. The summed E-state index contributed by atoms with van der Waals surface area (Å²) in [7, 11) is 15.0. The minimum atomic E-state index is -4.07. The Morgan fingerprint density at radius 2 is 0.756 bits per heavy atom. The van der Waals surface area contributed by atoms with Crippen LogP contribution in [0.3, 0.4) is 0 Å². The predicted octanol–water partition coefficient (Wildman–Crippen LogP) is 9.19. The topological polar surface area (TPSA) is 12.0 Å². The number of rotatable bonds is 13. The summed E-state index contributed by atoms with van der Waals surface area (Å²) in [5, 5.41) is 3.70. The molecule has 0 saturated carbocycles. The van der Waals surface area contributed by atoms with Crippen molar-refractivity contribution < 1.29 is 11.6 Å². The summed E-state index contributed by atoms with van der Waals surface area (Å²) in [6.45, 7) is 21.6. The van der Waals surface area contributed by atoms with Gasteiger partial charge in [-0.15, -0.1) is 15.8 Å². The van der Waals surface area contributed by atoms with Crippen molar-refractivity contribution in [3.05, 3.63) is 91.0 Å². The van der Waals surface area contributed by atoms with Gasteiger partial charge in [-0.1, -0.05) is 55.4 Å². The molecule has 3 aromatic rings. The Morgan fingerprint density at radius 3 is 0.976 bits per heavy atom. The van der Waals surface area contributed by atoms with E-state index in [-0.39, 0.29) is 25.7 Å². The first-order chi connectivity index (χ1) is 18.9. The third kappa shape index (κ3) is 11.2. The fourth-order valence-corrected chi connectivity index (χ4v) is 19.2. The molecule has 0 aromatic heterocycles. The molecule has 1 nitrogen and oxygen atoms in total. The Bertz CT molecular complexity index is 955. The van der Waals surface area contributed by atoms with Crippen molar-refractivity contribution in [2.24, 2.45) is 0 Å². The fraction of sp³-hybridized carbons (Fsp3) is 0.471. The van der Waals surface area contributed by atoms with E-state index in [2.05, 4.69) is 60.7 Å². The van der Waals surface area contributed by atoms with Crippen molar-refractivity contribution in [2.75, 3.05) is 25.4 Å². The van der Waals surface area contributed by atoms with Gasteiger partial charge in [0.25, 0.3) is 0 Å². The molecule has 7 heteroatoms. The molecule has 0 amide bonds. The standard InChI is InChI=1S/C16H37NP2.3C6H5.2ClH.H3P.Ru/c1-13(2)18(14(3)4)11-9-17-10-12-19(15(5)6)16(7)8;3*1-2-4-6-5-3-1;;;;/h13-17H,9-12H2,1-8H3;3*1-5H;2*1H;1H3;/q;;;;;;;+2/p-2. The van der Waals surface area contributed by atoms with Crippen LogP contribution in [0.5, 0.6) is 0 Å². The molecule has 1 unspecified atom stereocenters. The first kappa shape index (κ1) is 39.1. The summed E-state index contributed by atoms with van der Waals surface area (Å²) in [6, 6.07) is 30.1. The number of hydrogen-bond acceptors (Lipinski definition) is 1. The number of halogens is 2. The number of benzene rings is 3. The predicted molar refractivity (Wildman–Crippen MR) is 198 cm³/mol. The van der Waals surface area contributed by atoms with Gasteiger partial charge in [0.15, 0.2) is 0 Å². The molecule has 0 spiro atoms. The second-order valence-electron chi connectivity index (χ2n) is 11.2. The van der Waals surface area contributed by atoms with Crippen LogP contribution in [0.4, 0.5) is 0 Å². The SMILES string of the molecule is CC(C)P(CCNCCP(C(C)C)C(C)C)C(C)C.P.[Cl][Ru]([Cl])([c]1ccccc1)([c]1ccccc1)[c]1ccccc1. The average Bonchev–Trinajstić information content (AvgIpc) is 2.93. The zero-order valence-electron chi connectivity index (χ0n) is 26.5. The first-order valence-electron chi connectivity index (χ1n) is 14.5. The molecule has 1 atom stereocenters. The summed E-state index contributed by atoms with van der Waals surface area (Å²) in [6.07, 6.45) is 2.79. The Balaban J connectivity index is 0.000000403. The molecule has 1 N–H and O–H groups in total.